The Bertz CT molecular complexity index is 1330. The summed E-state index contributed by atoms with van der Waals surface area (Å²) >= 11 is 0. The summed E-state index contributed by atoms with van der Waals surface area (Å²) in [5.41, 5.74) is 3.15. The average Bonchev–Trinajstić information content (AvgIpc) is 3.38. The molecule has 0 spiro atoms. The predicted octanol–water partition coefficient (Wildman–Crippen LogP) is 6.19. The molecule has 1 fully saturated rings. The van der Waals surface area contributed by atoms with Crippen LogP contribution in [0.5, 0.6) is 0 Å². The minimum Gasteiger partial charge on any atom is -0.376 e. The Kier molecular flexibility index (Phi) is 7.28. The van der Waals surface area contributed by atoms with Gasteiger partial charge >= 0.3 is 0 Å². The lowest BCUT2D eigenvalue weighted by Crippen LogP contribution is -2.52. The van der Waals surface area contributed by atoms with Gasteiger partial charge in [-0.1, -0.05) is 86.7 Å². The highest BCUT2D eigenvalue weighted by atomic mass is 28.3. The zero-order valence-corrected chi connectivity index (χ0v) is 24.7. The molecule has 2 aliphatic rings. The summed E-state index contributed by atoms with van der Waals surface area (Å²) in [6, 6.07) is 19.8. The number of H-pyrrole nitrogens is 1. The molecule has 39 heavy (non-hydrogen) atoms. The quantitative estimate of drug-likeness (QED) is 0.315. The van der Waals surface area contributed by atoms with E-state index in [0.29, 0.717) is 19.0 Å². The minimum absolute atomic E-state index is 0.00120. The Balaban J connectivity index is 1.36. The van der Waals surface area contributed by atoms with Gasteiger partial charge in [-0.3, -0.25) is 14.7 Å². The van der Waals surface area contributed by atoms with Gasteiger partial charge in [0.2, 0.25) is 11.8 Å². The number of nitrogens with zero attached hydrogens (tertiary/aromatic N) is 2. The van der Waals surface area contributed by atoms with Crippen molar-refractivity contribution in [2.45, 2.75) is 82.4 Å². The van der Waals surface area contributed by atoms with Gasteiger partial charge in [-0.05, 0) is 37.8 Å². The Hall–Kier alpha value is -3.23. The fraction of sp³-hybridized carbons (Fsp3) is 0.452. The Morgan fingerprint density at radius 2 is 1.69 bits per heavy atom. The summed E-state index contributed by atoms with van der Waals surface area (Å²) in [5.74, 6) is 0.189. The van der Waals surface area contributed by atoms with Crippen molar-refractivity contribution >= 4 is 25.7 Å². The number of amides is 2. The van der Waals surface area contributed by atoms with Crippen molar-refractivity contribution in [2.24, 2.45) is 0 Å². The largest absolute Gasteiger partial charge is 0.376 e. The Morgan fingerprint density at radius 1 is 1.05 bits per heavy atom. The van der Waals surface area contributed by atoms with Gasteiger partial charge in [0.1, 0.15) is 0 Å². The van der Waals surface area contributed by atoms with E-state index < -0.39 is 19.5 Å². The highest BCUT2D eigenvalue weighted by molar-refractivity contribution is 6.83. The van der Waals surface area contributed by atoms with Crippen LogP contribution in [0.3, 0.4) is 0 Å². The molecule has 1 aromatic heterocycles. The fourth-order valence-electron chi connectivity index (χ4n) is 6.10. The first-order valence-electron chi connectivity index (χ1n) is 13.9. The number of nitrogens with one attached hydrogen (secondary N) is 2. The van der Waals surface area contributed by atoms with E-state index in [-0.39, 0.29) is 23.5 Å². The molecule has 1 aliphatic carbocycles. The maximum Gasteiger partial charge on any atom is 0.233 e. The first-order valence-corrected chi connectivity index (χ1v) is 17.4. The third kappa shape index (κ3) is 4.96. The number of hydrogen-bond acceptors (Lipinski definition) is 4. The first-order chi connectivity index (χ1) is 18.5. The summed E-state index contributed by atoms with van der Waals surface area (Å²) in [7, 11) is -1.72. The van der Waals surface area contributed by atoms with E-state index in [2.05, 4.69) is 35.2 Å². The van der Waals surface area contributed by atoms with Crippen LogP contribution in [0.4, 0.5) is 5.82 Å². The second kappa shape index (κ2) is 10.4. The van der Waals surface area contributed by atoms with Crippen LogP contribution in [-0.4, -0.2) is 41.6 Å². The van der Waals surface area contributed by atoms with E-state index in [1.165, 1.54) is 0 Å². The molecule has 0 unspecified atom stereocenters. The molecule has 1 saturated carbocycles. The molecule has 7 nitrogen and oxygen atoms in total. The predicted molar refractivity (Wildman–Crippen MR) is 156 cm³/mol. The van der Waals surface area contributed by atoms with E-state index >= 15 is 0 Å². The summed E-state index contributed by atoms with van der Waals surface area (Å²) < 4.78 is 6.09. The van der Waals surface area contributed by atoms with E-state index in [9.17, 15) is 9.59 Å². The molecular formula is C31H40N4O3Si. The van der Waals surface area contributed by atoms with Crippen LogP contribution in [0.25, 0.3) is 0 Å². The highest BCUT2D eigenvalue weighted by Gasteiger charge is 2.54. The van der Waals surface area contributed by atoms with Crippen molar-refractivity contribution in [2.75, 3.05) is 11.9 Å². The maximum absolute atomic E-state index is 14.2. The Labute approximate surface area is 232 Å². The number of aromatic amines is 1. The normalized spacial score (nSPS) is 18.2. The summed E-state index contributed by atoms with van der Waals surface area (Å²) in [6.07, 6.45) is 2.98. The SMILES string of the molecule is CC1(C)c2[nH]nc(NC(=O)C3([Si](C)(C)C)CCC3)c2CN1C(=O)[C@@H](COCc1ccccc1)c1ccccc1. The fourth-order valence-corrected chi connectivity index (χ4v) is 8.70. The highest BCUT2D eigenvalue weighted by Crippen LogP contribution is 2.56. The maximum atomic E-state index is 14.2. The Morgan fingerprint density at radius 3 is 2.28 bits per heavy atom. The lowest BCUT2D eigenvalue weighted by atomic mass is 9.83. The molecule has 1 aliphatic heterocycles. The number of benzene rings is 2. The van der Waals surface area contributed by atoms with E-state index in [1.807, 2.05) is 79.4 Å². The van der Waals surface area contributed by atoms with Crippen LogP contribution >= 0.6 is 0 Å². The van der Waals surface area contributed by atoms with Crippen molar-refractivity contribution < 1.29 is 14.3 Å². The molecule has 3 aromatic rings. The summed E-state index contributed by atoms with van der Waals surface area (Å²) in [6.45, 7) is 12.0. The standard InChI is InChI=1S/C31H40N4O3Si/c1-30(2)26-24(27(34-33-26)32-29(37)31(17-12-18-31)39(3,4)5)19-35(30)28(36)25(23-15-10-7-11-16-23)21-38-20-22-13-8-6-9-14-22/h6-11,13-16,25H,12,17-21H2,1-5H3,(H2,32,33,34,37)/t25-/m0/s1. The topological polar surface area (TPSA) is 87.3 Å². The number of carbonyl (C=O) groups excluding carboxylic acids is 2. The number of hydrogen-bond donors (Lipinski definition) is 2. The summed E-state index contributed by atoms with van der Waals surface area (Å²) in [4.78, 5) is 29.6. The van der Waals surface area contributed by atoms with Crippen LogP contribution in [0.15, 0.2) is 60.7 Å². The van der Waals surface area contributed by atoms with Gasteiger partial charge in [0, 0.05) is 10.6 Å². The van der Waals surface area contributed by atoms with E-state index in [0.717, 1.165) is 41.6 Å². The van der Waals surface area contributed by atoms with Crippen LogP contribution in [0.1, 0.15) is 61.4 Å². The third-order valence-corrected chi connectivity index (χ3v) is 12.5. The number of anilines is 1. The zero-order valence-electron chi connectivity index (χ0n) is 23.7. The lowest BCUT2D eigenvalue weighted by molar-refractivity contribution is -0.140. The van der Waals surface area contributed by atoms with Crippen molar-refractivity contribution in [1.82, 2.24) is 15.1 Å². The van der Waals surface area contributed by atoms with Crippen molar-refractivity contribution in [1.29, 1.82) is 0 Å². The molecule has 2 heterocycles. The molecule has 0 bridgehead atoms. The molecule has 1 atom stereocenters. The van der Waals surface area contributed by atoms with E-state index in [4.69, 9.17) is 4.74 Å². The van der Waals surface area contributed by atoms with Gasteiger partial charge in [-0.25, -0.2) is 0 Å². The molecule has 8 heteroatoms. The summed E-state index contributed by atoms with van der Waals surface area (Å²) in [5, 5.41) is 10.6. The molecule has 0 saturated heterocycles. The van der Waals surface area contributed by atoms with Gasteiger partial charge in [-0.15, -0.1) is 0 Å². The molecule has 0 radical (unpaired) electrons. The first kappa shape index (κ1) is 27.3. The van der Waals surface area contributed by atoms with E-state index in [1.54, 1.807) is 0 Å². The number of aromatic nitrogens is 2. The molecule has 2 N–H and O–H groups in total. The van der Waals surface area contributed by atoms with Crippen molar-refractivity contribution in [3.05, 3.63) is 83.0 Å². The van der Waals surface area contributed by atoms with Crippen LogP contribution in [0, 0.1) is 0 Å². The van der Waals surface area contributed by atoms with Crippen LogP contribution < -0.4 is 5.32 Å². The number of rotatable bonds is 9. The van der Waals surface area contributed by atoms with Gasteiger partial charge in [0.15, 0.2) is 5.82 Å². The zero-order chi connectivity index (χ0) is 27.8. The molecule has 2 amide bonds. The third-order valence-electron chi connectivity index (χ3n) is 8.94. The lowest BCUT2D eigenvalue weighted by Gasteiger charge is -2.48. The molecular weight excluding hydrogens is 504 g/mol. The number of carbonyl (C=O) groups is 2. The van der Waals surface area contributed by atoms with Crippen molar-refractivity contribution in [3.63, 3.8) is 0 Å². The van der Waals surface area contributed by atoms with Gasteiger partial charge in [0.25, 0.3) is 0 Å². The number of ether oxygens (including phenoxy) is 1. The molecule has 5 rings (SSSR count). The second-order valence-corrected chi connectivity index (χ2v) is 18.0. The monoisotopic (exact) mass is 544 g/mol. The molecule has 2 aromatic carbocycles. The van der Waals surface area contributed by atoms with Crippen LogP contribution in [0.2, 0.25) is 24.7 Å². The van der Waals surface area contributed by atoms with Gasteiger partial charge < -0.3 is 15.0 Å². The van der Waals surface area contributed by atoms with Gasteiger partial charge in [0.05, 0.1) is 45.0 Å². The average molecular weight is 545 g/mol. The van der Waals surface area contributed by atoms with Gasteiger partial charge in [-0.2, -0.15) is 5.10 Å². The second-order valence-electron chi connectivity index (χ2n) is 12.5. The van der Waals surface area contributed by atoms with Crippen molar-refractivity contribution in [3.8, 4) is 0 Å². The minimum atomic E-state index is -1.72. The number of fused-ring (bicyclic) bond motifs is 1. The molecule has 206 valence electrons. The van der Waals surface area contributed by atoms with Crippen LogP contribution in [-0.2, 0) is 33.0 Å². The smallest absolute Gasteiger partial charge is 0.233 e.